The maximum Gasteiger partial charge on any atom is 0.326 e. The lowest BCUT2D eigenvalue weighted by Gasteiger charge is -2.42. The molecule has 1 N–H and O–H groups in total. The van der Waals surface area contributed by atoms with Crippen molar-refractivity contribution in [1.29, 1.82) is 0 Å². The molecule has 0 aliphatic carbocycles. The molecular weight excluding hydrogens is 424 g/mol. The lowest BCUT2D eigenvalue weighted by atomic mass is 9.87. The number of carboxylic acids is 1. The Hall–Kier alpha value is -3.44. The molecule has 1 aliphatic rings. The van der Waals surface area contributed by atoms with E-state index >= 15 is 0 Å². The molecule has 2 atom stereocenters. The van der Waals surface area contributed by atoms with Crippen molar-refractivity contribution in [1.82, 2.24) is 9.80 Å². The molecular formula is C29H32N2O3. The zero-order valence-corrected chi connectivity index (χ0v) is 19.6. The fourth-order valence-corrected chi connectivity index (χ4v) is 4.91. The van der Waals surface area contributed by atoms with E-state index in [1.807, 2.05) is 78.9 Å². The fourth-order valence-electron chi connectivity index (χ4n) is 4.91. The number of rotatable bonds is 8. The van der Waals surface area contributed by atoms with Crippen molar-refractivity contribution in [3.05, 3.63) is 108 Å². The maximum atomic E-state index is 13.9. The number of carbonyl (C=O) groups excluding carboxylic acids is 1. The molecule has 176 valence electrons. The van der Waals surface area contributed by atoms with E-state index in [0.29, 0.717) is 13.0 Å². The van der Waals surface area contributed by atoms with E-state index < -0.39 is 17.9 Å². The van der Waals surface area contributed by atoms with Gasteiger partial charge in [0.2, 0.25) is 5.91 Å². The van der Waals surface area contributed by atoms with Gasteiger partial charge in [-0.25, -0.2) is 4.79 Å². The number of carboxylic acid groups (broad SMARTS) is 1. The van der Waals surface area contributed by atoms with Crippen molar-refractivity contribution in [3.63, 3.8) is 0 Å². The molecule has 0 bridgehead atoms. The quantitative estimate of drug-likeness (QED) is 0.545. The van der Waals surface area contributed by atoms with Crippen LogP contribution in [0.3, 0.4) is 0 Å². The van der Waals surface area contributed by atoms with Crippen molar-refractivity contribution in [3.8, 4) is 0 Å². The van der Waals surface area contributed by atoms with Crippen molar-refractivity contribution >= 4 is 11.9 Å². The minimum Gasteiger partial charge on any atom is -0.480 e. The number of amides is 1. The van der Waals surface area contributed by atoms with Crippen LogP contribution in [0.2, 0.25) is 0 Å². The number of hydrogen-bond acceptors (Lipinski definition) is 3. The Kier molecular flexibility index (Phi) is 7.76. The van der Waals surface area contributed by atoms with Gasteiger partial charge in [-0.2, -0.15) is 0 Å². The second kappa shape index (κ2) is 11.1. The van der Waals surface area contributed by atoms with Gasteiger partial charge in [-0.3, -0.25) is 4.79 Å². The highest BCUT2D eigenvalue weighted by atomic mass is 16.4. The average molecular weight is 457 g/mol. The highest BCUT2D eigenvalue weighted by molar-refractivity contribution is 5.91. The van der Waals surface area contributed by atoms with Crippen LogP contribution in [0.15, 0.2) is 91.0 Å². The molecule has 1 aliphatic heterocycles. The summed E-state index contributed by atoms with van der Waals surface area (Å²) >= 11 is 0. The third-order valence-corrected chi connectivity index (χ3v) is 6.88. The third kappa shape index (κ3) is 5.54. The minimum atomic E-state index is -0.936. The first-order valence-electron chi connectivity index (χ1n) is 11.9. The summed E-state index contributed by atoms with van der Waals surface area (Å²) < 4.78 is 0. The van der Waals surface area contributed by atoms with E-state index in [9.17, 15) is 14.7 Å². The number of benzene rings is 3. The Morgan fingerprint density at radius 3 is 1.97 bits per heavy atom. The maximum absolute atomic E-state index is 13.9. The Labute approximate surface area is 201 Å². The molecule has 1 amide bonds. The number of piperidine rings is 1. The number of hydrogen-bond donors (Lipinski definition) is 1. The zero-order valence-electron chi connectivity index (χ0n) is 19.6. The van der Waals surface area contributed by atoms with Crippen LogP contribution in [0.4, 0.5) is 0 Å². The predicted molar refractivity (Wildman–Crippen MR) is 134 cm³/mol. The summed E-state index contributed by atoms with van der Waals surface area (Å²) in [6.07, 6.45) is 2.11. The van der Waals surface area contributed by atoms with Gasteiger partial charge >= 0.3 is 5.97 Å². The molecule has 4 rings (SSSR count). The Bertz CT molecular complexity index is 1030. The Morgan fingerprint density at radius 2 is 1.44 bits per heavy atom. The summed E-state index contributed by atoms with van der Waals surface area (Å²) in [7, 11) is 2.06. The van der Waals surface area contributed by atoms with Crippen molar-refractivity contribution in [2.45, 2.75) is 37.3 Å². The van der Waals surface area contributed by atoms with Crippen molar-refractivity contribution in [2.24, 2.45) is 0 Å². The SMILES string of the molecule is CN(CCc1ccccc1)C1CCN(C(=O)C(c2ccccc2)c2ccccc2)[C@H](C(=O)O)C1. The molecule has 0 saturated carbocycles. The van der Waals surface area contributed by atoms with Crippen molar-refractivity contribution in [2.75, 3.05) is 20.1 Å². The summed E-state index contributed by atoms with van der Waals surface area (Å²) in [5, 5.41) is 10.1. The lowest BCUT2D eigenvalue weighted by molar-refractivity contribution is -0.153. The van der Waals surface area contributed by atoms with Crippen LogP contribution in [0, 0.1) is 0 Å². The summed E-state index contributed by atoms with van der Waals surface area (Å²) in [5.74, 6) is -1.60. The summed E-state index contributed by atoms with van der Waals surface area (Å²) in [5.41, 5.74) is 3.03. The summed E-state index contributed by atoms with van der Waals surface area (Å²) in [6, 6.07) is 28.9. The van der Waals surface area contributed by atoms with Gasteiger partial charge in [0.05, 0.1) is 5.92 Å². The van der Waals surface area contributed by atoms with E-state index in [4.69, 9.17) is 0 Å². The number of carbonyl (C=O) groups is 2. The van der Waals surface area contributed by atoms with Crippen LogP contribution in [-0.4, -0.2) is 59.0 Å². The first-order valence-corrected chi connectivity index (χ1v) is 11.9. The summed E-state index contributed by atoms with van der Waals surface area (Å²) in [6.45, 7) is 1.29. The van der Waals surface area contributed by atoms with Crippen LogP contribution < -0.4 is 0 Å². The second-order valence-electron chi connectivity index (χ2n) is 9.03. The molecule has 0 aromatic heterocycles. The monoisotopic (exact) mass is 456 g/mol. The second-order valence-corrected chi connectivity index (χ2v) is 9.03. The first-order chi connectivity index (χ1) is 16.5. The highest BCUT2D eigenvalue weighted by Crippen LogP contribution is 2.31. The van der Waals surface area contributed by atoms with Gasteiger partial charge in [0, 0.05) is 19.1 Å². The lowest BCUT2D eigenvalue weighted by Crippen LogP contribution is -2.55. The van der Waals surface area contributed by atoms with Crippen LogP contribution in [0.1, 0.15) is 35.4 Å². The van der Waals surface area contributed by atoms with E-state index in [1.165, 1.54) is 5.56 Å². The van der Waals surface area contributed by atoms with Gasteiger partial charge < -0.3 is 14.9 Å². The standard InChI is InChI=1S/C29H32N2O3/c1-30(19-17-22-11-5-2-6-12-22)25-18-20-31(26(21-25)29(33)34)28(32)27(23-13-7-3-8-14-23)24-15-9-4-10-16-24/h2-16,25-27H,17-21H2,1H3,(H,33,34)/t25?,26-/m0/s1. The Balaban J connectivity index is 1.50. The third-order valence-electron chi connectivity index (χ3n) is 6.88. The molecule has 0 radical (unpaired) electrons. The first kappa shape index (κ1) is 23.7. The summed E-state index contributed by atoms with van der Waals surface area (Å²) in [4.78, 5) is 30.0. The zero-order chi connectivity index (χ0) is 23.9. The van der Waals surface area contributed by atoms with E-state index in [2.05, 4.69) is 24.1 Å². The molecule has 1 saturated heterocycles. The fraction of sp³-hybridized carbons (Fsp3) is 0.310. The molecule has 5 heteroatoms. The predicted octanol–water partition coefficient (Wildman–Crippen LogP) is 4.44. The molecule has 1 fully saturated rings. The molecule has 3 aromatic carbocycles. The van der Waals surface area contributed by atoms with Gasteiger partial charge in [-0.15, -0.1) is 0 Å². The van der Waals surface area contributed by atoms with Crippen LogP contribution in [0.25, 0.3) is 0 Å². The smallest absolute Gasteiger partial charge is 0.326 e. The molecule has 1 heterocycles. The number of likely N-dealkylation sites (N-methyl/N-ethyl adjacent to an activating group) is 1. The molecule has 1 unspecified atom stereocenters. The van der Waals surface area contributed by atoms with Gasteiger partial charge in [-0.05, 0) is 43.0 Å². The average Bonchev–Trinajstić information content (AvgIpc) is 2.89. The number of likely N-dealkylation sites (tertiary alicyclic amines) is 1. The van der Waals surface area contributed by atoms with Gasteiger partial charge in [0.1, 0.15) is 6.04 Å². The van der Waals surface area contributed by atoms with Gasteiger partial charge in [0.25, 0.3) is 0 Å². The normalized spacial score (nSPS) is 18.3. The molecule has 0 spiro atoms. The van der Waals surface area contributed by atoms with E-state index in [-0.39, 0.29) is 11.9 Å². The van der Waals surface area contributed by atoms with E-state index in [0.717, 1.165) is 30.5 Å². The molecule has 34 heavy (non-hydrogen) atoms. The highest BCUT2D eigenvalue weighted by Gasteiger charge is 2.40. The van der Waals surface area contributed by atoms with Crippen LogP contribution >= 0.6 is 0 Å². The van der Waals surface area contributed by atoms with Gasteiger partial charge in [-0.1, -0.05) is 91.0 Å². The topological polar surface area (TPSA) is 60.9 Å². The van der Waals surface area contributed by atoms with Crippen LogP contribution in [-0.2, 0) is 16.0 Å². The number of nitrogens with zero attached hydrogens (tertiary/aromatic N) is 2. The largest absolute Gasteiger partial charge is 0.480 e. The number of aliphatic carboxylic acids is 1. The van der Waals surface area contributed by atoms with Crippen molar-refractivity contribution < 1.29 is 14.7 Å². The van der Waals surface area contributed by atoms with E-state index in [1.54, 1.807) is 4.90 Å². The molecule has 5 nitrogen and oxygen atoms in total. The van der Waals surface area contributed by atoms with Gasteiger partial charge in [0.15, 0.2) is 0 Å². The Morgan fingerprint density at radius 1 is 0.912 bits per heavy atom. The van der Waals surface area contributed by atoms with Crippen LogP contribution in [0.5, 0.6) is 0 Å². The minimum absolute atomic E-state index is 0.126. The molecule has 3 aromatic rings.